The molecule has 2 aromatic rings. The second-order valence-corrected chi connectivity index (χ2v) is 6.74. The highest BCUT2D eigenvalue weighted by Gasteiger charge is 2.21. The van der Waals surface area contributed by atoms with Crippen LogP contribution in [0.4, 0.5) is 0 Å². The van der Waals surface area contributed by atoms with Crippen molar-refractivity contribution in [3.05, 3.63) is 47.5 Å². The summed E-state index contributed by atoms with van der Waals surface area (Å²) in [6.45, 7) is 4.88. The smallest absolute Gasteiger partial charge is 0.147 e. The zero-order chi connectivity index (χ0) is 16.9. The fraction of sp³-hybridized carbons (Fsp3) is 0.556. The fourth-order valence-electron chi connectivity index (χ4n) is 3.29. The molecule has 0 aliphatic carbocycles. The minimum atomic E-state index is -0.377. The van der Waals surface area contributed by atoms with E-state index in [1.807, 2.05) is 36.9 Å². The van der Waals surface area contributed by atoms with Gasteiger partial charge in [0, 0.05) is 32.1 Å². The van der Waals surface area contributed by atoms with Gasteiger partial charge in [-0.2, -0.15) is 5.10 Å². The van der Waals surface area contributed by atoms with E-state index in [0.717, 1.165) is 37.6 Å². The highest BCUT2D eigenvalue weighted by atomic mass is 16.3. The van der Waals surface area contributed by atoms with Gasteiger partial charge in [-0.25, -0.2) is 9.67 Å². The molecule has 1 aromatic carbocycles. The lowest BCUT2D eigenvalue weighted by atomic mass is 10.1. The van der Waals surface area contributed by atoms with Gasteiger partial charge in [0.1, 0.15) is 11.6 Å². The number of likely N-dealkylation sites (N-methyl/N-ethyl adjacent to an activating group) is 1. The number of rotatable bonds is 7. The van der Waals surface area contributed by atoms with Crippen molar-refractivity contribution >= 4 is 0 Å². The van der Waals surface area contributed by atoms with Gasteiger partial charge in [-0.05, 0) is 26.0 Å². The number of fused-ring (bicyclic) bond motifs is 1. The van der Waals surface area contributed by atoms with Gasteiger partial charge < -0.3 is 10.4 Å². The summed E-state index contributed by atoms with van der Waals surface area (Å²) in [7, 11) is 2.04. The number of aromatic nitrogens is 3. The minimum absolute atomic E-state index is 0.354. The first-order valence-electron chi connectivity index (χ1n) is 8.64. The van der Waals surface area contributed by atoms with E-state index < -0.39 is 0 Å². The first-order valence-corrected chi connectivity index (χ1v) is 8.64. The Morgan fingerprint density at radius 2 is 2.17 bits per heavy atom. The molecule has 0 unspecified atom stereocenters. The normalized spacial score (nSPS) is 18.6. The van der Waals surface area contributed by atoms with Crippen molar-refractivity contribution in [2.75, 3.05) is 20.1 Å². The molecule has 0 saturated heterocycles. The maximum absolute atomic E-state index is 10.3. The summed E-state index contributed by atoms with van der Waals surface area (Å²) >= 11 is 0. The number of aliphatic hydroxyl groups excluding tert-OH is 1. The molecule has 0 fully saturated rings. The molecule has 2 N–H and O–H groups in total. The van der Waals surface area contributed by atoms with Crippen LogP contribution in [0.1, 0.15) is 23.6 Å². The van der Waals surface area contributed by atoms with Gasteiger partial charge in [0.25, 0.3) is 0 Å². The number of nitrogens with one attached hydrogen (secondary N) is 1. The van der Waals surface area contributed by atoms with E-state index in [4.69, 9.17) is 0 Å². The van der Waals surface area contributed by atoms with Crippen LogP contribution in [0.15, 0.2) is 30.3 Å². The highest BCUT2D eigenvalue weighted by Crippen LogP contribution is 2.12. The average molecular weight is 329 g/mol. The topological polar surface area (TPSA) is 66.2 Å². The lowest BCUT2D eigenvalue weighted by Crippen LogP contribution is -2.44. The van der Waals surface area contributed by atoms with E-state index in [9.17, 15) is 5.11 Å². The maximum atomic E-state index is 10.3. The molecule has 130 valence electrons. The van der Waals surface area contributed by atoms with Gasteiger partial charge in [0.05, 0.1) is 12.6 Å². The molecule has 1 aliphatic heterocycles. The van der Waals surface area contributed by atoms with E-state index in [1.54, 1.807) is 0 Å². The molecule has 1 aromatic heterocycles. The molecule has 6 nitrogen and oxygen atoms in total. The quantitative estimate of drug-likeness (QED) is 0.793. The second-order valence-electron chi connectivity index (χ2n) is 6.74. The Morgan fingerprint density at radius 1 is 1.38 bits per heavy atom. The molecule has 0 spiro atoms. The van der Waals surface area contributed by atoms with Crippen LogP contribution < -0.4 is 5.32 Å². The summed E-state index contributed by atoms with van der Waals surface area (Å²) in [5.41, 5.74) is 1.27. The highest BCUT2D eigenvalue weighted by molar-refractivity contribution is 5.14. The van der Waals surface area contributed by atoms with Crippen LogP contribution in [-0.2, 0) is 19.5 Å². The summed E-state index contributed by atoms with van der Waals surface area (Å²) in [4.78, 5) is 6.58. The zero-order valence-corrected chi connectivity index (χ0v) is 14.5. The van der Waals surface area contributed by atoms with E-state index in [2.05, 4.69) is 32.4 Å². The van der Waals surface area contributed by atoms with Crippen LogP contribution in [0.5, 0.6) is 0 Å². The molecule has 1 aliphatic rings. The van der Waals surface area contributed by atoms with Gasteiger partial charge in [0.15, 0.2) is 0 Å². The first kappa shape index (κ1) is 17.1. The lowest BCUT2D eigenvalue weighted by molar-refractivity contribution is 0.116. The van der Waals surface area contributed by atoms with Crippen molar-refractivity contribution in [3.8, 4) is 0 Å². The van der Waals surface area contributed by atoms with Gasteiger partial charge in [0.2, 0.25) is 0 Å². The van der Waals surface area contributed by atoms with E-state index in [0.29, 0.717) is 19.1 Å². The van der Waals surface area contributed by atoms with Crippen molar-refractivity contribution in [2.45, 2.75) is 45.0 Å². The largest absolute Gasteiger partial charge is 0.390 e. The number of nitrogens with zero attached hydrogens (tertiary/aromatic N) is 4. The van der Waals surface area contributed by atoms with Crippen molar-refractivity contribution in [1.29, 1.82) is 0 Å². The third-order valence-corrected chi connectivity index (χ3v) is 4.42. The van der Waals surface area contributed by atoms with Gasteiger partial charge in [-0.1, -0.05) is 30.3 Å². The summed E-state index contributed by atoms with van der Waals surface area (Å²) < 4.78 is 1.99. The molecule has 0 saturated carbocycles. The third-order valence-electron chi connectivity index (χ3n) is 4.42. The Labute approximate surface area is 143 Å². The molecule has 2 atom stereocenters. The number of hydrogen-bond acceptors (Lipinski definition) is 5. The predicted molar refractivity (Wildman–Crippen MR) is 93.7 cm³/mol. The molecule has 0 bridgehead atoms. The van der Waals surface area contributed by atoms with Crippen LogP contribution in [0.2, 0.25) is 0 Å². The fourth-order valence-corrected chi connectivity index (χ4v) is 3.29. The Balaban J connectivity index is 1.40. The van der Waals surface area contributed by atoms with E-state index >= 15 is 0 Å². The first-order chi connectivity index (χ1) is 11.6. The van der Waals surface area contributed by atoms with Crippen LogP contribution >= 0.6 is 0 Å². The molecule has 6 heteroatoms. The predicted octanol–water partition coefficient (Wildman–Crippen LogP) is 0.984. The van der Waals surface area contributed by atoms with Gasteiger partial charge in [-0.3, -0.25) is 4.90 Å². The van der Waals surface area contributed by atoms with Crippen molar-refractivity contribution in [3.63, 3.8) is 0 Å². The SMILES string of the molecule is Cc1nc2n(n1)C[C@H](NC[C@@H](O)CN(C)Cc1ccccc1)CC2. The summed E-state index contributed by atoms with van der Waals surface area (Å²) in [5.74, 6) is 1.92. The molecular weight excluding hydrogens is 302 g/mol. The summed E-state index contributed by atoms with van der Waals surface area (Å²) in [6.07, 6.45) is 1.62. The number of aliphatic hydroxyl groups is 1. The van der Waals surface area contributed by atoms with E-state index in [1.165, 1.54) is 5.56 Å². The Hall–Kier alpha value is -1.76. The number of hydrogen-bond donors (Lipinski definition) is 2. The molecule has 2 heterocycles. The molecule has 0 amide bonds. The molecule has 0 radical (unpaired) electrons. The van der Waals surface area contributed by atoms with Crippen molar-refractivity contribution < 1.29 is 5.11 Å². The Morgan fingerprint density at radius 3 is 2.96 bits per heavy atom. The molecule has 3 rings (SSSR count). The summed E-state index contributed by atoms with van der Waals surface area (Å²) in [5, 5.41) is 18.2. The third kappa shape index (κ3) is 4.63. The van der Waals surface area contributed by atoms with Crippen LogP contribution in [0, 0.1) is 6.92 Å². The monoisotopic (exact) mass is 329 g/mol. The second kappa shape index (κ2) is 7.88. The van der Waals surface area contributed by atoms with Gasteiger partial charge in [-0.15, -0.1) is 0 Å². The van der Waals surface area contributed by atoms with Crippen LogP contribution in [0.3, 0.4) is 0 Å². The lowest BCUT2D eigenvalue weighted by Gasteiger charge is -2.26. The average Bonchev–Trinajstić information content (AvgIpc) is 2.93. The van der Waals surface area contributed by atoms with Crippen molar-refractivity contribution in [2.24, 2.45) is 0 Å². The Kier molecular flexibility index (Phi) is 5.60. The summed E-state index contributed by atoms with van der Waals surface area (Å²) in [6, 6.07) is 10.7. The van der Waals surface area contributed by atoms with Gasteiger partial charge >= 0.3 is 0 Å². The molecular formula is C18H27N5O. The number of benzene rings is 1. The Bertz CT molecular complexity index is 642. The maximum Gasteiger partial charge on any atom is 0.147 e. The van der Waals surface area contributed by atoms with Crippen molar-refractivity contribution in [1.82, 2.24) is 25.0 Å². The molecule has 24 heavy (non-hydrogen) atoms. The van der Waals surface area contributed by atoms with E-state index in [-0.39, 0.29) is 6.10 Å². The van der Waals surface area contributed by atoms with Crippen LogP contribution in [-0.4, -0.2) is 57.1 Å². The standard InChI is InChI=1S/C18H27N5O/c1-14-20-18-9-8-16(12-23(18)21-14)19-10-17(24)13-22(2)11-15-6-4-3-5-7-15/h3-7,16-17,19,24H,8-13H2,1-2H3/t16-,17-/m1/s1. The zero-order valence-electron chi connectivity index (χ0n) is 14.5. The van der Waals surface area contributed by atoms with Crippen LogP contribution in [0.25, 0.3) is 0 Å². The number of aryl methyl sites for hydroxylation is 2. The minimum Gasteiger partial charge on any atom is -0.390 e.